The van der Waals surface area contributed by atoms with E-state index in [2.05, 4.69) is 167 Å². The maximum absolute atomic E-state index is 12.7. The molecule has 3 aliphatic heterocycles. The van der Waals surface area contributed by atoms with Gasteiger partial charge in [0.05, 0.1) is 17.4 Å². The second-order valence-electron chi connectivity index (χ2n) is 33.6. The fourth-order valence-corrected chi connectivity index (χ4v) is 19.5. The molecule has 5 heterocycles. The summed E-state index contributed by atoms with van der Waals surface area (Å²) in [5, 5.41) is 12.5. The van der Waals surface area contributed by atoms with Crippen LogP contribution in [0.5, 0.6) is 0 Å². The average molecular weight is 1760 g/mol. The van der Waals surface area contributed by atoms with E-state index in [4.69, 9.17) is 19.8 Å². The number of aromatic nitrogens is 4. The van der Waals surface area contributed by atoms with E-state index in [0.29, 0.717) is 23.2 Å². The Morgan fingerprint density at radius 2 is 1.13 bits per heavy atom. The monoisotopic (exact) mass is 1760 g/mol. The molecule has 10 aromatic rings. The molecule has 5 fully saturated rings. The molecule has 616 valence electrons. The first-order valence-corrected chi connectivity index (χ1v) is 45.7. The van der Waals surface area contributed by atoms with Crippen molar-refractivity contribution < 1.29 is 46.6 Å². The number of anilines is 3. The third-order valence-corrected chi connectivity index (χ3v) is 26.5. The van der Waals surface area contributed by atoms with Crippen LogP contribution in [0.3, 0.4) is 0 Å². The number of nitrogen functional groups attached to an aromatic ring is 1. The molecule has 15 nitrogen and oxygen atoms in total. The summed E-state index contributed by atoms with van der Waals surface area (Å²) in [7, 11) is 3.89. The molecule has 4 amide bonds. The predicted molar refractivity (Wildman–Crippen MR) is 482 cm³/mol. The first kappa shape index (κ1) is 90.2. The summed E-state index contributed by atoms with van der Waals surface area (Å²) in [5.74, 6) is 1.64. The fourth-order valence-electron chi connectivity index (χ4n) is 15.4. The molecule has 116 heavy (non-hydrogen) atoms. The summed E-state index contributed by atoms with van der Waals surface area (Å²) in [5.41, 5.74) is 24.1. The first-order chi connectivity index (χ1) is 55.7. The molecule has 15 rings (SSSR count). The molecule has 0 atom stereocenters. The Bertz CT molecular complexity index is 4630. The number of ether oxygens (including phenoxy) is 1. The van der Waals surface area contributed by atoms with Crippen molar-refractivity contribution in [1.82, 2.24) is 29.8 Å². The summed E-state index contributed by atoms with van der Waals surface area (Å²) in [6, 6.07) is 70.6. The van der Waals surface area contributed by atoms with E-state index in [1.807, 2.05) is 208 Å². The van der Waals surface area contributed by atoms with Crippen molar-refractivity contribution in [3.05, 3.63) is 257 Å². The summed E-state index contributed by atoms with van der Waals surface area (Å²) in [4.78, 5) is 44.6. The first-order valence-electron chi connectivity index (χ1n) is 41.4. The van der Waals surface area contributed by atoms with Crippen LogP contribution >= 0.6 is 33.4 Å². The van der Waals surface area contributed by atoms with Crippen molar-refractivity contribution in [3.63, 3.8) is 0 Å². The molecule has 0 radical (unpaired) electrons. The van der Waals surface area contributed by atoms with Gasteiger partial charge in [-0.15, -0.1) is 35.9 Å². The fraction of sp³-hybridized carbons (Fsp3) is 0.406. The van der Waals surface area contributed by atoms with Crippen molar-refractivity contribution in [2.75, 3.05) is 54.8 Å². The molecule has 3 saturated heterocycles. The molecule has 2 aromatic heterocycles. The molecule has 0 bridgehead atoms. The minimum absolute atomic E-state index is 0.0651. The molecule has 2 saturated carbocycles. The number of urea groups is 2. The number of carbonyl (C=O) groups excluding carboxylic acids is 3. The molecular weight excluding hydrogens is 1640 g/mol. The van der Waals surface area contributed by atoms with E-state index < -0.39 is 30.0 Å². The number of rotatable bonds is 18. The van der Waals surface area contributed by atoms with E-state index in [9.17, 15) is 14.4 Å². The van der Waals surface area contributed by atoms with Gasteiger partial charge < -0.3 is 29.6 Å². The topological polar surface area (TPSA) is 164 Å². The number of H-pyrrole nitrogens is 1. The van der Waals surface area contributed by atoms with Crippen LogP contribution in [0.15, 0.2) is 223 Å². The van der Waals surface area contributed by atoms with Gasteiger partial charge in [0.15, 0.2) is 0 Å². The number of benzene rings is 8. The Kier molecular flexibility index (Phi) is 33.4. The van der Waals surface area contributed by atoms with Gasteiger partial charge >= 0.3 is 53.0 Å². The van der Waals surface area contributed by atoms with E-state index in [1.165, 1.54) is 86.5 Å². The summed E-state index contributed by atoms with van der Waals surface area (Å²) in [6.07, 6.45) is 22.7. The summed E-state index contributed by atoms with van der Waals surface area (Å²) < 4.78 is 19.3. The Morgan fingerprint density at radius 3 is 1.60 bits per heavy atom. The average Bonchev–Trinajstić information content (AvgIpc) is 1.12. The van der Waals surface area contributed by atoms with Crippen molar-refractivity contribution in [2.45, 2.75) is 213 Å². The van der Waals surface area contributed by atoms with Gasteiger partial charge in [-0.05, 0) is 220 Å². The van der Waals surface area contributed by atoms with Crippen LogP contribution < -0.4 is 26.3 Å². The van der Waals surface area contributed by atoms with E-state index in [1.54, 1.807) is 40.6 Å². The van der Waals surface area contributed by atoms with Crippen molar-refractivity contribution in [1.29, 1.82) is 0 Å². The zero-order chi connectivity index (χ0) is 83.1. The Hall–Kier alpha value is -8.16. The Labute approximate surface area is 716 Å². The number of nitrogens with one attached hydrogen (secondary N) is 1. The zero-order valence-corrected chi connectivity index (χ0v) is 74.9. The second-order valence-corrected chi connectivity index (χ2v) is 37.3. The number of nitrogens with zero attached hydrogens (tertiary/aromatic N) is 7. The number of nitrogens with two attached hydrogens (primary N) is 1. The van der Waals surface area contributed by atoms with Crippen LogP contribution in [0.1, 0.15) is 200 Å². The predicted octanol–water partition coefficient (Wildman–Crippen LogP) is 23.4. The summed E-state index contributed by atoms with van der Waals surface area (Å²) in [6.45, 7) is 32.1. The SMILES string of the molecule is CC(C)(C)OC(=O)n1cc(B2OC(C)(C)C(C)(C)O2)cn1.CC(C)c1cc(C(C)C)c(-c2cccc(P(C3CCCCC3)C3CCCCC3)c2)c(C(C)C)c1.Nc1ccccc1-c1[c-]cccc1.O=C1N(CCc2ccccc2)CCN1c1ccc(-c2cn[nH]c2)cc1.O=C1N(CCc2ccccc2)CCN1c1ccc(Br)cc1.[Cl][Pd+]. The number of aromatic amines is 1. The molecule has 3 N–H and O–H groups in total. The van der Waals surface area contributed by atoms with Crippen LogP contribution in [0.2, 0.25) is 0 Å². The van der Waals surface area contributed by atoms with Gasteiger partial charge in [0.2, 0.25) is 0 Å². The molecule has 8 aromatic carbocycles. The molecular formula is C96H119BBrClN9O6PPd. The maximum atomic E-state index is 12.7. The molecule has 0 unspecified atom stereocenters. The molecule has 2 aliphatic carbocycles. The van der Waals surface area contributed by atoms with E-state index >= 15 is 0 Å². The molecule has 5 aliphatic rings. The number of carbonyl (C=O) groups is 3. The standard InChI is InChI=1S/C33H49P.C20H20N4O.C17H17BrN2O.C14H23BN2O4.C12H10N.ClH.Pd/c1-23(2)27-21-31(24(3)4)33(32(22-27)25(5)6)26-14-13-19-30(20-26)34(28-15-9-7-10-16-28)29-17-11-8-12-18-29;25-20-23(11-10-16-4-2-1-3-5-16)12-13-24(20)19-8-6-17(7-9-19)18-14-21-22-15-18;18-15-6-8-16(9-7-15)20-13-12-19(17(20)21)11-10-14-4-2-1-3-5-14;1-12(2,3)19-11(18)17-9-10(8-16-17)15-20-13(4,5)14(6,7)21-15;13-12-9-5-4-8-11(12)10-6-2-1-3-7-10;;/h13-14,19-25,28-29H,7-12,15-18H2,1-6H3;1-9,14-15H,10-13H2,(H,21,22);1-9H,10-13H2;8-9H,1-7H3;1-6,8-9H,13H2;1H;/q;;;;-1;;+2/p-1. The van der Waals surface area contributed by atoms with Crippen LogP contribution in [0, 0.1) is 6.07 Å². The van der Waals surface area contributed by atoms with E-state index in [-0.39, 0.29) is 20.0 Å². The van der Waals surface area contributed by atoms with Gasteiger partial charge in [0, 0.05) is 84.7 Å². The van der Waals surface area contributed by atoms with Crippen LogP contribution in [-0.4, -0.2) is 122 Å². The van der Waals surface area contributed by atoms with Crippen LogP contribution in [-0.2, 0) is 45.1 Å². The minimum atomic E-state index is -0.562. The van der Waals surface area contributed by atoms with Gasteiger partial charge in [0.1, 0.15) is 5.60 Å². The van der Waals surface area contributed by atoms with Crippen LogP contribution in [0.4, 0.5) is 31.4 Å². The van der Waals surface area contributed by atoms with Crippen molar-refractivity contribution in [3.8, 4) is 33.4 Å². The number of halogens is 2. The van der Waals surface area contributed by atoms with Gasteiger partial charge in [0.25, 0.3) is 0 Å². The zero-order valence-electron chi connectivity index (χ0n) is 70.2. The Morgan fingerprint density at radius 1 is 0.621 bits per heavy atom. The van der Waals surface area contributed by atoms with Gasteiger partial charge in [-0.25, -0.2) is 14.4 Å². The number of hydrogen-bond donors (Lipinski definition) is 2. The molecule has 20 heteroatoms. The number of hydrogen-bond acceptors (Lipinski definition) is 9. The quantitative estimate of drug-likeness (QED) is 0.0368. The summed E-state index contributed by atoms with van der Waals surface area (Å²) >= 11 is 5.64. The third kappa shape index (κ3) is 24.7. The number of para-hydroxylation sites is 1. The van der Waals surface area contributed by atoms with Crippen molar-refractivity contribution in [2.24, 2.45) is 0 Å². The van der Waals surface area contributed by atoms with E-state index in [0.717, 1.165) is 112 Å². The molecule has 0 spiro atoms. The van der Waals surface area contributed by atoms with Crippen molar-refractivity contribution >= 4 is 86.5 Å². The Balaban J connectivity index is 0.000000157. The third-order valence-electron chi connectivity index (χ3n) is 22.5. The van der Waals surface area contributed by atoms with Gasteiger partial charge in [-0.1, -0.05) is 231 Å². The van der Waals surface area contributed by atoms with Crippen LogP contribution in [0.25, 0.3) is 33.4 Å². The second kappa shape index (κ2) is 43.0. The number of amides is 4. The van der Waals surface area contributed by atoms with Gasteiger partial charge in [-0.3, -0.25) is 14.9 Å². The van der Waals surface area contributed by atoms with Gasteiger partial charge in [-0.2, -0.15) is 14.9 Å². The normalized spacial score (nSPS) is 16.1.